The molecule has 1 atom stereocenters. The summed E-state index contributed by atoms with van der Waals surface area (Å²) in [6, 6.07) is 1.98. The standard InChI is InChI=1S/C8H9NOS/c10-9-7-2-1-3-8-6(7)4-5-11-8/h4-5,7H,1-3H2. The summed E-state index contributed by atoms with van der Waals surface area (Å²) < 4.78 is 0. The summed E-state index contributed by atoms with van der Waals surface area (Å²) in [6.07, 6.45) is 3.19. The topological polar surface area (TPSA) is 29.4 Å². The lowest BCUT2D eigenvalue weighted by Gasteiger charge is -2.15. The molecule has 58 valence electrons. The first kappa shape index (κ1) is 6.98. The zero-order chi connectivity index (χ0) is 7.68. The van der Waals surface area contributed by atoms with Gasteiger partial charge in [0, 0.05) is 4.88 Å². The van der Waals surface area contributed by atoms with Crippen molar-refractivity contribution in [1.29, 1.82) is 0 Å². The second kappa shape index (κ2) is 2.74. The summed E-state index contributed by atoms with van der Waals surface area (Å²) in [5.41, 5.74) is 1.18. The van der Waals surface area contributed by atoms with E-state index in [-0.39, 0.29) is 6.04 Å². The average molecular weight is 167 g/mol. The lowest BCUT2D eigenvalue weighted by Crippen LogP contribution is -2.03. The van der Waals surface area contributed by atoms with Crippen LogP contribution in [0.4, 0.5) is 0 Å². The molecule has 1 aliphatic carbocycles. The van der Waals surface area contributed by atoms with Crippen LogP contribution in [-0.4, -0.2) is 0 Å². The lowest BCUT2D eigenvalue weighted by atomic mass is 9.95. The molecule has 2 nitrogen and oxygen atoms in total. The van der Waals surface area contributed by atoms with Gasteiger partial charge in [0.1, 0.15) is 6.04 Å². The van der Waals surface area contributed by atoms with Crippen molar-refractivity contribution in [2.24, 2.45) is 5.18 Å². The van der Waals surface area contributed by atoms with Crippen molar-refractivity contribution in [3.05, 3.63) is 26.8 Å². The Morgan fingerprint density at radius 2 is 2.55 bits per heavy atom. The Hall–Kier alpha value is -0.700. The summed E-state index contributed by atoms with van der Waals surface area (Å²) >= 11 is 1.75. The highest BCUT2D eigenvalue weighted by molar-refractivity contribution is 7.10. The molecule has 3 heteroatoms. The van der Waals surface area contributed by atoms with Gasteiger partial charge in [-0.15, -0.1) is 11.3 Å². The van der Waals surface area contributed by atoms with Gasteiger partial charge in [-0.1, -0.05) is 5.18 Å². The van der Waals surface area contributed by atoms with Crippen molar-refractivity contribution in [3.63, 3.8) is 0 Å². The predicted molar refractivity (Wildman–Crippen MR) is 45.8 cm³/mol. The Morgan fingerprint density at radius 1 is 1.64 bits per heavy atom. The quantitative estimate of drug-likeness (QED) is 0.591. The Kier molecular flexibility index (Phi) is 1.74. The number of rotatable bonds is 1. The molecule has 0 aromatic carbocycles. The summed E-state index contributed by atoms with van der Waals surface area (Å²) in [5, 5.41) is 5.17. The van der Waals surface area contributed by atoms with Crippen molar-refractivity contribution < 1.29 is 0 Å². The van der Waals surface area contributed by atoms with Crippen LogP contribution in [0.5, 0.6) is 0 Å². The van der Waals surface area contributed by atoms with E-state index < -0.39 is 0 Å². The predicted octanol–water partition coefficient (Wildman–Crippen LogP) is 2.89. The Balaban J connectivity index is 2.39. The van der Waals surface area contributed by atoms with Crippen LogP contribution < -0.4 is 0 Å². The van der Waals surface area contributed by atoms with Crippen LogP contribution in [-0.2, 0) is 6.42 Å². The molecule has 1 unspecified atom stereocenters. The Bertz CT molecular complexity index is 269. The fourth-order valence-corrected chi connectivity index (χ4v) is 2.55. The van der Waals surface area contributed by atoms with Crippen molar-refractivity contribution in [2.75, 3.05) is 0 Å². The molecule has 1 aliphatic rings. The number of nitroso groups, excluding NO2 is 1. The first-order chi connectivity index (χ1) is 5.42. The van der Waals surface area contributed by atoms with Gasteiger partial charge in [-0.3, -0.25) is 0 Å². The van der Waals surface area contributed by atoms with Gasteiger partial charge in [-0.05, 0) is 36.3 Å². The molecule has 0 amide bonds. The van der Waals surface area contributed by atoms with E-state index in [1.54, 1.807) is 11.3 Å². The monoisotopic (exact) mass is 167 g/mol. The van der Waals surface area contributed by atoms with Crippen LogP contribution in [0, 0.1) is 4.91 Å². The SMILES string of the molecule is O=NC1CCCc2sccc21. The molecule has 0 N–H and O–H groups in total. The van der Waals surface area contributed by atoms with Gasteiger partial charge in [0.2, 0.25) is 0 Å². The molecular formula is C8H9NOS. The van der Waals surface area contributed by atoms with Crippen molar-refractivity contribution >= 4 is 11.3 Å². The summed E-state index contributed by atoms with van der Waals surface area (Å²) in [5.74, 6) is 0. The number of hydrogen-bond donors (Lipinski definition) is 0. The Morgan fingerprint density at radius 3 is 3.36 bits per heavy atom. The second-order valence-electron chi connectivity index (χ2n) is 2.81. The number of thiophene rings is 1. The molecule has 0 aliphatic heterocycles. The minimum absolute atomic E-state index is 0.0509. The number of aryl methyl sites for hydroxylation is 1. The highest BCUT2D eigenvalue weighted by Crippen LogP contribution is 2.35. The Labute approximate surface area is 69.2 Å². The molecule has 0 spiro atoms. The number of hydrogen-bond acceptors (Lipinski definition) is 3. The van der Waals surface area contributed by atoms with E-state index in [0.717, 1.165) is 19.3 Å². The third-order valence-corrected chi connectivity index (χ3v) is 3.14. The van der Waals surface area contributed by atoms with Crippen LogP contribution in [0.2, 0.25) is 0 Å². The third kappa shape index (κ3) is 1.09. The van der Waals surface area contributed by atoms with Crippen LogP contribution >= 0.6 is 11.3 Å². The summed E-state index contributed by atoms with van der Waals surface area (Å²) in [7, 11) is 0. The maximum absolute atomic E-state index is 10.4. The second-order valence-corrected chi connectivity index (χ2v) is 3.81. The molecular weight excluding hydrogens is 158 g/mol. The molecule has 1 aromatic heterocycles. The van der Waals surface area contributed by atoms with E-state index >= 15 is 0 Å². The maximum Gasteiger partial charge on any atom is 0.118 e. The van der Waals surface area contributed by atoms with Gasteiger partial charge >= 0.3 is 0 Å². The molecule has 0 fully saturated rings. The molecule has 0 saturated carbocycles. The largest absolute Gasteiger partial charge is 0.150 e. The third-order valence-electron chi connectivity index (χ3n) is 2.15. The van der Waals surface area contributed by atoms with Crippen molar-refractivity contribution in [1.82, 2.24) is 0 Å². The fraction of sp³-hybridized carbons (Fsp3) is 0.500. The normalized spacial score (nSPS) is 22.7. The maximum atomic E-state index is 10.4. The summed E-state index contributed by atoms with van der Waals surface area (Å²) in [6.45, 7) is 0. The molecule has 0 bridgehead atoms. The highest BCUT2D eigenvalue weighted by Gasteiger charge is 2.21. The number of nitrogens with zero attached hydrogens (tertiary/aromatic N) is 1. The molecule has 0 saturated heterocycles. The molecule has 1 aromatic rings. The van der Waals surface area contributed by atoms with Crippen molar-refractivity contribution in [2.45, 2.75) is 25.3 Å². The van der Waals surface area contributed by atoms with Gasteiger partial charge in [-0.25, -0.2) is 0 Å². The van der Waals surface area contributed by atoms with Crippen LogP contribution in [0.3, 0.4) is 0 Å². The minimum Gasteiger partial charge on any atom is -0.150 e. The van der Waals surface area contributed by atoms with Gasteiger partial charge in [0.15, 0.2) is 0 Å². The average Bonchev–Trinajstić information content (AvgIpc) is 2.50. The van der Waals surface area contributed by atoms with E-state index in [2.05, 4.69) is 5.18 Å². The molecule has 11 heavy (non-hydrogen) atoms. The van der Waals surface area contributed by atoms with Gasteiger partial charge < -0.3 is 0 Å². The van der Waals surface area contributed by atoms with Gasteiger partial charge in [-0.2, -0.15) is 4.91 Å². The van der Waals surface area contributed by atoms with E-state index in [0.29, 0.717) is 0 Å². The molecule has 2 rings (SSSR count). The van der Waals surface area contributed by atoms with E-state index in [1.165, 1.54) is 10.4 Å². The van der Waals surface area contributed by atoms with Crippen LogP contribution in [0.15, 0.2) is 16.6 Å². The number of fused-ring (bicyclic) bond motifs is 1. The zero-order valence-corrected chi connectivity index (χ0v) is 6.93. The van der Waals surface area contributed by atoms with Gasteiger partial charge in [0.05, 0.1) is 0 Å². The van der Waals surface area contributed by atoms with Crippen LogP contribution in [0.25, 0.3) is 0 Å². The minimum atomic E-state index is -0.0509. The van der Waals surface area contributed by atoms with Gasteiger partial charge in [0.25, 0.3) is 0 Å². The first-order valence-electron chi connectivity index (χ1n) is 3.80. The van der Waals surface area contributed by atoms with E-state index in [1.807, 2.05) is 11.4 Å². The van der Waals surface area contributed by atoms with Crippen LogP contribution in [0.1, 0.15) is 29.3 Å². The smallest absolute Gasteiger partial charge is 0.118 e. The van der Waals surface area contributed by atoms with E-state index in [9.17, 15) is 4.91 Å². The molecule has 0 radical (unpaired) electrons. The fourth-order valence-electron chi connectivity index (χ4n) is 1.57. The molecule has 1 heterocycles. The highest BCUT2D eigenvalue weighted by atomic mass is 32.1. The first-order valence-corrected chi connectivity index (χ1v) is 4.68. The van der Waals surface area contributed by atoms with E-state index in [4.69, 9.17) is 0 Å². The zero-order valence-electron chi connectivity index (χ0n) is 6.12. The summed E-state index contributed by atoms with van der Waals surface area (Å²) in [4.78, 5) is 11.7. The van der Waals surface area contributed by atoms with Crippen molar-refractivity contribution in [3.8, 4) is 0 Å². The lowest BCUT2D eigenvalue weighted by molar-refractivity contribution is 0.577.